The Morgan fingerprint density at radius 1 is 0.929 bits per heavy atom. The van der Waals surface area contributed by atoms with E-state index in [1.807, 2.05) is 50.2 Å². The van der Waals surface area contributed by atoms with Crippen LogP contribution in [0.3, 0.4) is 0 Å². The Labute approximate surface area is 164 Å². The molecule has 3 rings (SSSR count). The highest BCUT2D eigenvalue weighted by atomic mass is 16.2. The summed E-state index contributed by atoms with van der Waals surface area (Å²) in [6.45, 7) is 5.85. The molecule has 0 atom stereocenters. The second-order valence-electron chi connectivity index (χ2n) is 6.63. The van der Waals surface area contributed by atoms with Gasteiger partial charge in [-0.15, -0.1) is 0 Å². The average Bonchev–Trinajstić information content (AvgIpc) is 2.71. The lowest BCUT2D eigenvalue weighted by Gasteiger charge is -2.11. The maximum atomic E-state index is 12.5. The Balaban J connectivity index is 1.79. The van der Waals surface area contributed by atoms with Gasteiger partial charge in [0.2, 0.25) is 5.91 Å². The van der Waals surface area contributed by atoms with E-state index in [-0.39, 0.29) is 11.8 Å². The van der Waals surface area contributed by atoms with E-state index in [9.17, 15) is 9.59 Å². The maximum absolute atomic E-state index is 12.5. The lowest BCUT2D eigenvalue weighted by atomic mass is 10.1. The number of hydrogen-bond acceptors (Lipinski definition) is 3. The van der Waals surface area contributed by atoms with Crippen LogP contribution in [0.5, 0.6) is 0 Å². The van der Waals surface area contributed by atoms with Crippen LogP contribution in [0, 0.1) is 13.8 Å². The highest BCUT2D eigenvalue weighted by Crippen LogP contribution is 2.26. The molecule has 3 aromatic rings. The molecule has 0 unspecified atom stereocenters. The first-order valence-electron chi connectivity index (χ1n) is 9.22. The van der Waals surface area contributed by atoms with Crippen molar-refractivity contribution in [1.29, 1.82) is 0 Å². The van der Waals surface area contributed by atoms with Crippen LogP contribution in [-0.4, -0.2) is 16.8 Å². The molecule has 2 aromatic carbocycles. The summed E-state index contributed by atoms with van der Waals surface area (Å²) in [6, 6.07) is 16.6. The fourth-order valence-corrected chi connectivity index (χ4v) is 2.78. The number of aromatic nitrogens is 1. The standard InChI is InChI=1S/C23H23N3O2/c1-4-21(27)26-20-6-5-13-24-22(20)17-8-10-18(11-9-17)23(28)25-19-12-7-15(2)16(3)14-19/h5-14H,4H2,1-3H3,(H,25,28)(H,26,27). The summed E-state index contributed by atoms with van der Waals surface area (Å²) < 4.78 is 0. The highest BCUT2D eigenvalue weighted by molar-refractivity contribution is 6.04. The van der Waals surface area contributed by atoms with Gasteiger partial charge >= 0.3 is 0 Å². The Kier molecular flexibility index (Phi) is 5.84. The van der Waals surface area contributed by atoms with Crippen LogP contribution in [-0.2, 0) is 4.79 Å². The molecule has 0 saturated carbocycles. The highest BCUT2D eigenvalue weighted by Gasteiger charge is 2.11. The number of rotatable bonds is 5. The van der Waals surface area contributed by atoms with E-state index in [1.54, 1.807) is 31.3 Å². The molecule has 1 aromatic heterocycles. The largest absolute Gasteiger partial charge is 0.324 e. The van der Waals surface area contributed by atoms with Gasteiger partial charge in [-0.1, -0.05) is 25.1 Å². The van der Waals surface area contributed by atoms with Crippen molar-refractivity contribution in [3.63, 3.8) is 0 Å². The van der Waals surface area contributed by atoms with E-state index in [4.69, 9.17) is 0 Å². The molecule has 1 heterocycles. The van der Waals surface area contributed by atoms with Gasteiger partial charge in [0.1, 0.15) is 0 Å². The third kappa shape index (κ3) is 4.43. The molecule has 0 radical (unpaired) electrons. The summed E-state index contributed by atoms with van der Waals surface area (Å²) in [4.78, 5) is 28.6. The van der Waals surface area contributed by atoms with Crippen molar-refractivity contribution in [2.24, 2.45) is 0 Å². The van der Waals surface area contributed by atoms with Gasteiger partial charge in [0.25, 0.3) is 5.91 Å². The molecule has 5 nitrogen and oxygen atoms in total. The number of anilines is 2. The van der Waals surface area contributed by atoms with Crippen LogP contribution in [0.2, 0.25) is 0 Å². The zero-order valence-electron chi connectivity index (χ0n) is 16.2. The second-order valence-corrected chi connectivity index (χ2v) is 6.63. The van der Waals surface area contributed by atoms with Gasteiger partial charge in [0.05, 0.1) is 11.4 Å². The van der Waals surface area contributed by atoms with Crippen molar-refractivity contribution >= 4 is 23.2 Å². The summed E-state index contributed by atoms with van der Waals surface area (Å²) >= 11 is 0. The Morgan fingerprint density at radius 3 is 2.36 bits per heavy atom. The van der Waals surface area contributed by atoms with Crippen LogP contribution >= 0.6 is 0 Å². The number of pyridine rings is 1. The third-order valence-corrected chi connectivity index (χ3v) is 4.59. The number of nitrogens with zero attached hydrogens (tertiary/aromatic N) is 1. The van der Waals surface area contributed by atoms with Gasteiger partial charge in [-0.25, -0.2) is 0 Å². The van der Waals surface area contributed by atoms with Crippen molar-refractivity contribution in [2.75, 3.05) is 10.6 Å². The summed E-state index contributed by atoms with van der Waals surface area (Å²) in [5, 5.41) is 5.78. The third-order valence-electron chi connectivity index (χ3n) is 4.59. The van der Waals surface area contributed by atoms with Crippen molar-refractivity contribution in [3.05, 3.63) is 77.5 Å². The van der Waals surface area contributed by atoms with E-state index in [0.717, 1.165) is 16.8 Å². The smallest absolute Gasteiger partial charge is 0.255 e. The summed E-state index contributed by atoms with van der Waals surface area (Å²) in [5.74, 6) is -0.242. The van der Waals surface area contributed by atoms with Crippen LogP contribution in [0.1, 0.15) is 34.8 Å². The molecular formula is C23H23N3O2. The Hall–Kier alpha value is -3.47. The van der Waals surface area contributed by atoms with Gasteiger partial charge in [0, 0.05) is 29.4 Å². The topological polar surface area (TPSA) is 71.1 Å². The molecule has 0 aliphatic rings. The number of aryl methyl sites for hydroxylation is 2. The van der Waals surface area contributed by atoms with Crippen LogP contribution in [0.15, 0.2) is 60.8 Å². The van der Waals surface area contributed by atoms with E-state index >= 15 is 0 Å². The number of carbonyl (C=O) groups is 2. The fourth-order valence-electron chi connectivity index (χ4n) is 2.78. The van der Waals surface area contributed by atoms with Crippen molar-refractivity contribution in [2.45, 2.75) is 27.2 Å². The molecule has 0 fully saturated rings. The molecule has 142 valence electrons. The maximum Gasteiger partial charge on any atom is 0.255 e. The number of hydrogen-bond donors (Lipinski definition) is 2. The molecule has 0 spiro atoms. The normalized spacial score (nSPS) is 10.4. The minimum atomic E-state index is -0.171. The molecule has 28 heavy (non-hydrogen) atoms. The average molecular weight is 373 g/mol. The Bertz CT molecular complexity index is 1010. The van der Waals surface area contributed by atoms with E-state index in [1.165, 1.54) is 5.56 Å². The molecule has 0 aliphatic carbocycles. The summed E-state index contributed by atoms with van der Waals surface area (Å²) in [5.41, 5.74) is 5.79. The molecular weight excluding hydrogens is 350 g/mol. The fraction of sp³-hybridized carbons (Fsp3) is 0.174. The first kappa shape index (κ1) is 19.3. The zero-order valence-corrected chi connectivity index (χ0v) is 16.2. The van der Waals surface area contributed by atoms with E-state index in [0.29, 0.717) is 23.4 Å². The van der Waals surface area contributed by atoms with Gasteiger partial charge in [-0.3, -0.25) is 14.6 Å². The molecule has 2 N–H and O–H groups in total. The zero-order chi connectivity index (χ0) is 20.1. The SMILES string of the molecule is CCC(=O)Nc1cccnc1-c1ccc(C(=O)Nc2ccc(C)c(C)c2)cc1. The molecule has 5 heteroatoms. The molecule has 2 amide bonds. The van der Waals surface area contributed by atoms with Gasteiger partial charge in [0.15, 0.2) is 0 Å². The quantitative estimate of drug-likeness (QED) is 0.663. The second kappa shape index (κ2) is 8.48. The van der Waals surface area contributed by atoms with E-state index in [2.05, 4.69) is 15.6 Å². The van der Waals surface area contributed by atoms with Gasteiger partial charge in [-0.05, 0) is 61.4 Å². The van der Waals surface area contributed by atoms with Crippen LogP contribution in [0.25, 0.3) is 11.3 Å². The summed E-state index contributed by atoms with van der Waals surface area (Å²) in [6.07, 6.45) is 2.07. The molecule has 0 saturated heterocycles. The van der Waals surface area contributed by atoms with Gasteiger partial charge < -0.3 is 10.6 Å². The lowest BCUT2D eigenvalue weighted by molar-refractivity contribution is -0.115. The number of amides is 2. The number of nitrogens with one attached hydrogen (secondary N) is 2. The molecule has 0 aliphatic heterocycles. The van der Waals surface area contributed by atoms with Crippen LogP contribution < -0.4 is 10.6 Å². The van der Waals surface area contributed by atoms with E-state index < -0.39 is 0 Å². The van der Waals surface area contributed by atoms with Crippen LogP contribution in [0.4, 0.5) is 11.4 Å². The molecule has 0 bridgehead atoms. The van der Waals surface area contributed by atoms with Crippen molar-refractivity contribution in [3.8, 4) is 11.3 Å². The lowest BCUT2D eigenvalue weighted by Crippen LogP contribution is -2.12. The minimum Gasteiger partial charge on any atom is -0.324 e. The first-order valence-corrected chi connectivity index (χ1v) is 9.22. The van der Waals surface area contributed by atoms with Crippen molar-refractivity contribution in [1.82, 2.24) is 4.98 Å². The predicted octanol–water partition coefficient (Wildman–Crippen LogP) is 4.97. The van der Waals surface area contributed by atoms with Gasteiger partial charge in [-0.2, -0.15) is 0 Å². The summed E-state index contributed by atoms with van der Waals surface area (Å²) in [7, 11) is 0. The predicted molar refractivity (Wildman–Crippen MR) is 112 cm³/mol. The van der Waals surface area contributed by atoms with Crippen molar-refractivity contribution < 1.29 is 9.59 Å². The first-order chi connectivity index (χ1) is 13.5. The number of carbonyl (C=O) groups excluding carboxylic acids is 2. The number of benzene rings is 2. The minimum absolute atomic E-state index is 0.0707. The Morgan fingerprint density at radius 2 is 1.68 bits per heavy atom. The monoisotopic (exact) mass is 373 g/mol.